The third-order valence-corrected chi connectivity index (χ3v) is 6.12. The number of rotatable bonds is 6. The van der Waals surface area contributed by atoms with Crippen molar-refractivity contribution in [2.45, 2.75) is 60.7 Å². The lowest BCUT2D eigenvalue weighted by Crippen LogP contribution is -2.30. The standard InChI is InChI=1S/C23H32O3/c1-16-11-12-19(23(16,5)6)13-14-22(3,4)17(2)26-21(25)20-10-8-7-9-18(20)15-24/h7-11,13-14,17,19,24H,12,15H2,1-6H3/t17?,19-/m1/s1. The molecule has 2 atom stereocenters. The molecule has 0 aliphatic heterocycles. The first-order valence-corrected chi connectivity index (χ1v) is 9.36. The van der Waals surface area contributed by atoms with Gasteiger partial charge >= 0.3 is 5.97 Å². The van der Waals surface area contributed by atoms with Crippen LogP contribution >= 0.6 is 0 Å². The van der Waals surface area contributed by atoms with E-state index in [0.717, 1.165) is 6.42 Å². The molecule has 1 aromatic rings. The van der Waals surface area contributed by atoms with Crippen molar-refractivity contribution in [3.05, 3.63) is 59.2 Å². The van der Waals surface area contributed by atoms with E-state index in [4.69, 9.17) is 4.74 Å². The van der Waals surface area contributed by atoms with Crippen LogP contribution in [0.3, 0.4) is 0 Å². The summed E-state index contributed by atoms with van der Waals surface area (Å²) in [6.07, 6.45) is 7.55. The van der Waals surface area contributed by atoms with Gasteiger partial charge in [0.05, 0.1) is 12.2 Å². The van der Waals surface area contributed by atoms with Crippen molar-refractivity contribution in [3.63, 3.8) is 0 Å². The van der Waals surface area contributed by atoms with Gasteiger partial charge in [0.1, 0.15) is 6.10 Å². The Morgan fingerprint density at radius 1 is 1.38 bits per heavy atom. The second-order valence-corrected chi connectivity index (χ2v) is 8.49. The summed E-state index contributed by atoms with van der Waals surface area (Å²) in [5.41, 5.74) is 2.35. The molecule has 0 radical (unpaired) electrons. The van der Waals surface area contributed by atoms with Crippen LogP contribution in [0.15, 0.2) is 48.1 Å². The van der Waals surface area contributed by atoms with Gasteiger partial charge in [-0.05, 0) is 43.2 Å². The van der Waals surface area contributed by atoms with E-state index in [-0.39, 0.29) is 29.5 Å². The zero-order chi connectivity index (χ0) is 19.5. The number of carbonyl (C=O) groups is 1. The van der Waals surface area contributed by atoms with Crippen LogP contribution in [0.1, 0.15) is 63.9 Å². The Labute approximate surface area is 157 Å². The van der Waals surface area contributed by atoms with Gasteiger partial charge in [-0.25, -0.2) is 4.79 Å². The number of benzene rings is 1. The van der Waals surface area contributed by atoms with E-state index in [1.807, 2.05) is 6.92 Å². The van der Waals surface area contributed by atoms with E-state index >= 15 is 0 Å². The fraction of sp³-hybridized carbons (Fsp3) is 0.522. The third kappa shape index (κ3) is 4.27. The highest BCUT2D eigenvalue weighted by Gasteiger charge is 2.34. The number of hydrogen-bond donors (Lipinski definition) is 1. The fourth-order valence-corrected chi connectivity index (χ4v) is 3.21. The number of hydrogen-bond acceptors (Lipinski definition) is 3. The molecule has 142 valence electrons. The number of carbonyl (C=O) groups excluding carboxylic acids is 1. The summed E-state index contributed by atoms with van der Waals surface area (Å²) < 4.78 is 5.72. The van der Waals surface area contributed by atoms with E-state index in [2.05, 4.69) is 52.8 Å². The van der Waals surface area contributed by atoms with Crippen molar-refractivity contribution in [1.82, 2.24) is 0 Å². The molecule has 1 unspecified atom stereocenters. The van der Waals surface area contributed by atoms with Gasteiger partial charge in [0, 0.05) is 5.41 Å². The van der Waals surface area contributed by atoms with Crippen LogP contribution in [-0.4, -0.2) is 17.2 Å². The molecule has 0 heterocycles. The molecule has 1 N–H and O–H groups in total. The predicted octanol–water partition coefficient (Wildman–Crippen LogP) is 5.30. The lowest BCUT2D eigenvalue weighted by atomic mass is 9.76. The molecule has 0 saturated heterocycles. The molecule has 0 aromatic heterocycles. The Kier molecular flexibility index (Phi) is 6.13. The smallest absolute Gasteiger partial charge is 0.338 e. The first-order chi connectivity index (χ1) is 12.1. The van der Waals surface area contributed by atoms with Gasteiger partial charge in [-0.2, -0.15) is 0 Å². The topological polar surface area (TPSA) is 46.5 Å². The summed E-state index contributed by atoms with van der Waals surface area (Å²) >= 11 is 0. The van der Waals surface area contributed by atoms with Gasteiger partial charge in [0.2, 0.25) is 0 Å². The van der Waals surface area contributed by atoms with Gasteiger partial charge in [-0.15, -0.1) is 0 Å². The monoisotopic (exact) mass is 356 g/mol. The maximum Gasteiger partial charge on any atom is 0.338 e. The van der Waals surface area contributed by atoms with Crippen molar-refractivity contribution < 1.29 is 14.6 Å². The van der Waals surface area contributed by atoms with Crippen LogP contribution in [0.5, 0.6) is 0 Å². The zero-order valence-corrected chi connectivity index (χ0v) is 16.9. The first kappa shape index (κ1) is 20.4. The number of ether oxygens (including phenoxy) is 1. The van der Waals surface area contributed by atoms with Crippen LogP contribution in [-0.2, 0) is 11.3 Å². The highest BCUT2D eigenvalue weighted by Crippen LogP contribution is 2.44. The summed E-state index contributed by atoms with van der Waals surface area (Å²) in [4.78, 5) is 12.5. The minimum atomic E-state index is -0.387. The van der Waals surface area contributed by atoms with Crippen molar-refractivity contribution in [3.8, 4) is 0 Å². The average Bonchev–Trinajstić information content (AvgIpc) is 2.85. The van der Waals surface area contributed by atoms with Crippen molar-refractivity contribution in [2.24, 2.45) is 16.7 Å². The quantitative estimate of drug-likeness (QED) is 0.556. The van der Waals surface area contributed by atoms with Crippen LogP contribution in [0.25, 0.3) is 0 Å². The number of aliphatic hydroxyl groups excluding tert-OH is 1. The second kappa shape index (κ2) is 7.79. The molecule has 0 saturated carbocycles. The maximum absolute atomic E-state index is 12.5. The van der Waals surface area contributed by atoms with Crippen molar-refractivity contribution >= 4 is 5.97 Å². The molecule has 2 rings (SSSR count). The summed E-state index contributed by atoms with van der Waals surface area (Å²) in [5, 5.41) is 9.41. The van der Waals surface area contributed by atoms with Gasteiger partial charge in [-0.1, -0.05) is 69.7 Å². The molecule has 3 heteroatoms. The van der Waals surface area contributed by atoms with Gasteiger partial charge in [-0.3, -0.25) is 0 Å². The number of esters is 1. The lowest BCUT2D eigenvalue weighted by molar-refractivity contribution is 0.0109. The first-order valence-electron chi connectivity index (χ1n) is 9.36. The SMILES string of the molecule is CC1=CC[C@H](C=CC(C)(C)C(C)OC(=O)c2ccccc2CO)C1(C)C. The summed E-state index contributed by atoms with van der Waals surface area (Å²) in [7, 11) is 0. The largest absolute Gasteiger partial charge is 0.458 e. The second-order valence-electron chi connectivity index (χ2n) is 8.49. The molecule has 0 spiro atoms. The highest BCUT2D eigenvalue weighted by atomic mass is 16.5. The Hall–Kier alpha value is -1.87. The molecular weight excluding hydrogens is 324 g/mol. The van der Waals surface area contributed by atoms with E-state index in [0.29, 0.717) is 17.0 Å². The Balaban J connectivity index is 2.07. The van der Waals surface area contributed by atoms with Crippen LogP contribution in [0, 0.1) is 16.7 Å². The molecule has 0 amide bonds. The van der Waals surface area contributed by atoms with E-state index in [1.54, 1.807) is 24.3 Å². The molecule has 1 aliphatic rings. The molecule has 0 bridgehead atoms. The van der Waals surface area contributed by atoms with Crippen LogP contribution < -0.4 is 0 Å². The Bertz CT molecular complexity index is 710. The number of aliphatic hydroxyl groups is 1. The summed E-state index contributed by atoms with van der Waals surface area (Å²) in [6, 6.07) is 7.02. The molecular formula is C23H32O3. The van der Waals surface area contributed by atoms with Crippen LogP contribution in [0.2, 0.25) is 0 Å². The van der Waals surface area contributed by atoms with Gasteiger partial charge in [0.25, 0.3) is 0 Å². The number of allylic oxidation sites excluding steroid dienone is 3. The van der Waals surface area contributed by atoms with Gasteiger partial charge in [0.15, 0.2) is 0 Å². The Morgan fingerprint density at radius 3 is 2.62 bits per heavy atom. The molecule has 3 nitrogen and oxygen atoms in total. The molecule has 0 fully saturated rings. The van der Waals surface area contributed by atoms with Gasteiger partial charge < -0.3 is 9.84 Å². The predicted molar refractivity (Wildman–Crippen MR) is 106 cm³/mol. The fourth-order valence-electron chi connectivity index (χ4n) is 3.21. The average molecular weight is 357 g/mol. The third-order valence-electron chi connectivity index (χ3n) is 6.12. The maximum atomic E-state index is 12.5. The highest BCUT2D eigenvalue weighted by molar-refractivity contribution is 5.91. The van der Waals surface area contributed by atoms with E-state index in [1.165, 1.54) is 5.57 Å². The summed E-state index contributed by atoms with van der Waals surface area (Å²) in [5.74, 6) is 0.0853. The Morgan fingerprint density at radius 2 is 2.04 bits per heavy atom. The molecule has 26 heavy (non-hydrogen) atoms. The molecule has 1 aliphatic carbocycles. The van der Waals surface area contributed by atoms with Crippen molar-refractivity contribution in [1.29, 1.82) is 0 Å². The zero-order valence-electron chi connectivity index (χ0n) is 16.9. The van der Waals surface area contributed by atoms with E-state index < -0.39 is 0 Å². The molecule has 1 aromatic carbocycles. The summed E-state index contributed by atoms with van der Waals surface area (Å²) in [6.45, 7) is 12.7. The van der Waals surface area contributed by atoms with Crippen LogP contribution in [0.4, 0.5) is 0 Å². The minimum absolute atomic E-state index is 0.173. The normalized spacial score (nSPS) is 20.9. The lowest BCUT2D eigenvalue weighted by Gasteiger charge is -2.31. The van der Waals surface area contributed by atoms with E-state index in [9.17, 15) is 9.90 Å². The minimum Gasteiger partial charge on any atom is -0.458 e. The van der Waals surface area contributed by atoms with Crippen molar-refractivity contribution in [2.75, 3.05) is 0 Å².